The Kier molecular flexibility index (Phi) is 2.58. The largest absolute Gasteiger partial charge is 0.388 e. The van der Waals surface area contributed by atoms with Crippen molar-refractivity contribution in [1.29, 1.82) is 0 Å². The van der Waals surface area contributed by atoms with Crippen LogP contribution in [0.3, 0.4) is 0 Å². The van der Waals surface area contributed by atoms with Gasteiger partial charge < -0.3 is 20.4 Å². The van der Waals surface area contributed by atoms with E-state index in [-0.39, 0.29) is 0 Å². The van der Waals surface area contributed by atoms with Gasteiger partial charge in [-0.1, -0.05) is 0 Å². The van der Waals surface area contributed by atoms with E-state index in [0.29, 0.717) is 19.0 Å². The van der Waals surface area contributed by atoms with Gasteiger partial charge >= 0.3 is 0 Å². The molecule has 0 aliphatic carbocycles. The monoisotopic (exact) mass is 281 g/mol. The Balaban J connectivity index is 2.03. The summed E-state index contributed by atoms with van der Waals surface area (Å²) in [4.78, 5) is 8.52. The Morgan fingerprint density at radius 3 is 2.76 bits per heavy atom. The highest BCUT2D eigenvalue weighted by Gasteiger charge is 2.25. The van der Waals surface area contributed by atoms with Crippen LogP contribution in [0.5, 0.6) is 0 Å². The third kappa shape index (κ3) is 1.69. The summed E-state index contributed by atoms with van der Waals surface area (Å²) in [6, 6.07) is 8.17. The Bertz CT molecular complexity index is 822. The van der Waals surface area contributed by atoms with Crippen LogP contribution in [0.15, 0.2) is 30.6 Å². The number of ether oxygens (including phenoxy) is 1. The van der Waals surface area contributed by atoms with Crippen LogP contribution < -0.4 is 11.1 Å². The number of hydrogen-bond donors (Lipinski definition) is 2. The minimum absolute atomic E-state index is 0.493. The van der Waals surface area contributed by atoms with Crippen molar-refractivity contribution in [2.75, 3.05) is 18.1 Å². The second-order valence-electron chi connectivity index (χ2n) is 5.01. The first-order valence-electron chi connectivity index (χ1n) is 6.78. The number of benzene rings is 1. The second-order valence-corrected chi connectivity index (χ2v) is 5.01. The van der Waals surface area contributed by atoms with E-state index in [4.69, 9.17) is 10.5 Å². The molecule has 0 saturated heterocycles. The van der Waals surface area contributed by atoms with Crippen molar-refractivity contribution in [1.82, 2.24) is 14.5 Å². The molecular formula is C15H15N5O. The predicted octanol–water partition coefficient (Wildman–Crippen LogP) is 2.07. The maximum atomic E-state index is 6.09. The van der Waals surface area contributed by atoms with Gasteiger partial charge in [-0.3, -0.25) is 0 Å². The van der Waals surface area contributed by atoms with Crippen molar-refractivity contribution < 1.29 is 4.74 Å². The fourth-order valence-corrected chi connectivity index (χ4v) is 2.86. The molecular weight excluding hydrogens is 266 g/mol. The van der Waals surface area contributed by atoms with Crippen LogP contribution in [0.4, 0.5) is 11.5 Å². The van der Waals surface area contributed by atoms with Crippen molar-refractivity contribution in [3.05, 3.63) is 41.9 Å². The minimum atomic E-state index is 0.493. The Hall–Kier alpha value is -2.60. The topological polar surface area (TPSA) is 78.0 Å². The van der Waals surface area contributed by atoms with Gasteiger partial charge in [-0.05, 0) is 24.3 Å². The molecule has 6 heteroatoms. The van der Waals surface area contributed by atoms with Crippen molar-refractivity contribution in [2.45, 2.75) is 13.2 Å². The smallest absolute Gasteiger partial charge is 0.151 e. The number of nitrogens with one attached hydrogen (secondary N) is 1. The Morgan fingerprint density at radius 1 is 1.19 bits per heavy atom. The molecule has 0 saturated carbocycles. The first-order valence-corrected chi connectivity index (χ1v) is 6.78. The number of nitrogens with zero attached hydrogens (tertiary/aromatic N) is 3. The van der Waals surface area contributed by atoms with E-state index in [1.807, 2.05) is 19.2 Å². The van der Waals surface area contributed by atoms with Gasteiger partial charge in [-0.2, -0.15) is 0 Å². The summed E-state index contributed by atoms with van der Waals surface area (Å²) in [6.07, 6.45) is 1.50. The molecule has 0 amide bonds. The molecule has 3 heterocycles. The fourth-order valence-electron chi connectivity index (χ4n) is 2.86. The average Bonchev–Trinajstić information content (AvgIpc) is 3.09. The summed E-state index contributed by atoms with van der Waals surface area (Å²) < 4.78 is 7.68. The quantitative estimate of drug-likeness (QED) is 0.752. The molecule has 3 N–H and O–H groups in total. The lowest BCUT2D eigenvalue weighted by atomic mass is 10.2. The van der Waals surface area contributed by atoms with Crippen LogP contribution >= 0.6 is 0 Å². The van der Waals surface area contributed by atoms with Crippen molar-refractivity contribution in [2.24, 2.45) is 0 Å². The lowest BCUT2D eigenvalue weighted by Crippen LogP contribution is -2.03. The molecule has 0 fully saturated rings. The van der Waals surface area contributed by atoms with Crippen LogP contribution in [0.2, 0.25) is 0 Å². The zero-order chi connectivity index (χ0) is 14.4. The first-order chi connectivity index (χ1) is 10.3. The van der Waals surface area contributed by atoms with Crippen LogP contribution in [0, 0.1) is 0 Å². The molecule has 0 bridgehead atoms. The van der Waals surface area contributed by atoms with Crippen molar-refractivity contribution in [3.8, 4) is 5.69 Å². The molecule has 4 rings (SSSR count). The van der Waals surface area contributed by atoms with E-state index < -0.39 is 0 Å². The van der Waals surface area contributed by atoms with E-state index in [1.165, 1.54) is 6.33 Å². The van der Waals surface area contributed by atoms with Crippen LogP contribution in [-0.2, 0) is 18.0 Å². The molecule has 21 heavy (non-hydrogen) atoms. The normalized spacial score (nSPS) is 13.6. The van der Waals surface area contributed by atoms with Gasteiger partial charge in [0.05, 0.1) is 18.9 Å². The highest BCUT2D eigenvalue weighted by Crippen LogP contribution is 2.35. The molecule has 2 aromatic heterocycles. The summed E-state index contributed by atoms with van der Waals surface area (Å²) in [5, 5.41) is 3.12. The zero-order valence-electron chi connectivity index (χ0n) is 11.6. The van der Waals surface area contributed by atoms with Crippen molar-refractivity contribution in [3.63, 3.8) is 0 Å². The van der Waals surface area contributed by atoms with Crippen LogP contribution in [-0.4, -0.2) is 21.6 Å². The molecule has 0 atom stereocenters. The van der Waals surface area contributed by atoms with Crippen LogP contribution in [0.25, 0.3) is 16.7 Å². The zero-order valence-corrected chi connectivity index (χ0v) is 11.6. The van der Waals surface area contributed by atoms with Gasteiger partial charge in [0.2, 0.25) is 0 Å². The molecule has 0 radical (unpaired) electrons. The maximum absolute atomic E-state index is 6.09. The lowest BCUT2D eigenvalue weighted by molar-refractivity contribution is 0.132. The SMILES string of the molecule is CNc1ccc(-n2c3c(c4ncnc(N)c42)COC3)cc1. The standard InChI is InChI=1S/C15H15N5O/c1-17-9-2-4-10(5-3-9)20-12-7-21-6-11(12)13-14(20)15(16)19-8-18-13/h2-5,8,17H,6-7H2,1H3,(H2,16,18,19). The number of nitrogens with two attached hydrogens (primary N) is 1. The third-order valence-electron chi connectivity index (χ3n) is 3.88. The number of nitrogen functional groups attached to an aromatic ring is 1. The van der Waals surface area contributed by atoms with Gasteiger partial charge in [-0.25, -0.2) is 9.97 Å². The van der Waals surface area contributed by atoms with Gasteiger partial charge in [0.1, 0.15) is 17.4 Å². The maximum Gasteiger partial charge on any atom is 0.151 e. The van der Waals surface area contributed by atoms with E-state index in [0.717, 1.165) is 33.7 Å². The summed E-state index contributed by atoms with van der Waals surface area (Å²) in [6.45, 7) is 1.14. The Morgan fingerprint density at radius 2 is 2.00 bits per heavy atom. The number of anilines is 2. The number of rotatable bonds is 2. The van der Waals surface area contributed by atoms with E-state index in [9.17, 15) is 0 Å². The molecule has 0 spiro atoms. The molecule has 6 nitrogen and oxygen atoms in total. The second kappa shape index (κ2) is 4.46. The number of aromatic nitrogens is 3. The molecule has 0 unspecified atom stereocenters. The van der Waals surface area contributed by atoms with E-state index >= 15 is 0 Å². The summed E-state index contributed by atoms with van der Waals surface area (Å²) >= 11 is 0. The molecule has 106 valence electrons. The highest BCUT2D eigenvalue weighted by atomic mass is 16.5. The number of fused-ring (bicyclic) bond motifs is 3. The van der Waals surface area contributed by atoms with Crippen LogP contribution in [0.1, 0.15) is 11.3 Å². The van der Waals surface area contributed by atoms with Gasteiger partial charge in [-0.15, -0.1) is 0 Å². The van der Waals surface area contributed by atoms with Gasteiger partial charge in [0, 0.05) is 24.0 Å². The fraction of sp³-hybridized carbons (Fsp3) is 0.200. The van der Waals surface area contributed by atoms with E-state index in [1.54, 1.807) is 0 Å². The van der Waals surface area contributed by atoms with E-state index in [2.05, 4.69) is 32.0 Å². The molecule has 3 aromatic rings. The highest BCUT2D eigenvalue weighted by molar-refractivity contribution is 5.91. The predicted molar refractivity (Wildman–Crippen MR) is 81.3 cm³/mol. The van der Waals surface area contributed by atoms with Gasteiger partial charge in [0.25, 0.3) is 0 Å². The summed E-state index contributed by atoms with van der Waals surface area (Å²) in [5.74, 6) is 0.493. The van der Waals surface area contributed by atoms with Gasteiger partial charge in [0.15, 0.2) is 5.82 Å². The summed E-state index contributed by atoms with van der Waals surface area (Å²) in [5.41, 5.74) is 12.1. The summed E-state index contributed by atoms with van der Waals surface area (Å²) in [7, 11) is 1.90. The number of hydrogen-bond acceptors (Lipinski definition) is 5. The average molecular weight is 281 g/mol. The first kappa shape index (κ1) is 12.2. The minimum Gasteiger partial charge on any atom is -0.388 e. The third-order valence-corrected chi connectivity index (χ3v) is 3.88. The molecule has 1 aromatic carbocycles. The Labute approximate surface area is 121 Å². The molecule has 1 aliphatic rings. The lowest BCUT2D eigenvalue weighted by Gasteiger charge is -2.11. The van der Waals surface area contributed by atoms with Crippen molar-refractivity contribution >= 4 is 22.5 Å². The molecule has 1 aliphatic heterocycles.